The van der Waals surface area contributed by atoms with Crippen LogP contribution in [0.1, 0.15) is 123 Å². The van der Waals surface area contributed by atoms with Gasteiger partial charge in [-0.3, -0.25) is 4.79 Å². The maximum absolute atomic E-state index is 12.1. The monoisotopic (exact) mass is 466 g/mol. The first-order valence-corrected chi connectivity index (χ1v) is 12.4. The first kappa shape index (κ1) is 28.0. The van der Waals surface area contributed by atoms with Crippen LogP contribution in [0.15, 0.2) is 24.3 Å². The standard InChI is InChI=1S/C31H46O3/c1-19(32)34-27-21(16-23(29(5,6)7)18-25(27)31(11,12)13)14-20-15-22(28(2,3)4)17-24(26(20)33)30(8,9)10/h15-18,33H,14H2,1-13H3. The number of hydrogen-bond acceptors (Lipinski definition) is 3. The maximum Gasteiger partial charge on any atom is 0.308 e. The van der Waals surface area contributed by atoms with E-state index in [9.17, 15) is 9.90 Å². The van der Waals surface area contributed by atoms with E-state index < -0.39 is 0 Å². The SMILES string of the molecule is CC(=O)Oc1c(Cc2cc(C(C)(C)C)cc(C(C)(C)C)c2O)cc(C(C)(C)C)cc1C(C)(C)C. The topological polar surface area (TPSA) is 46.5 Å². The van der Waals surface area contributed by atoms with Crippen LogP contribution < -0.4 is 4.74 Å². The fraction of sp³-hybridized carbons (Fsp3) is 0.581. The van der Waals surface area contributed by atoms with Crippen molar-refractivity contribution in [2.45, 2.75) is 118 Å². The second kappa shape index (κ2) is 9.06. The molecule has 3 heteroatoms. The van der Waals surface area contributed by atoms with Gasteiger partial charge in [0.1, 0.15) is 11.5 Å². The van der Waals surface area contributed by atoms with Crippen LogP contribution in [-0.4, -0.2) is 11.1 Å². The van der Waals surface area contributed by atoms with E-state index in [4.69, 9.17) is 4.74 Å². The average Bonchev–Trinajstić information content (AvgIpc) is 2.60. The van der Waals surface area contributed by atoms with E-state index in [2.05, 4.69) is 107 Å². The van der Waals surface area contributed by atoms with Crippen LogP contribution in [0.4, 0.5) is 0 Å². The van der Waals surface area contributed by atoms with Gasteiger partial charge in [0, 0.05) is 24.5 Å². The number of carbonyl (C=O) groups excluding carboxylic acids is 1. The highest BCUT2D eigenvalue weighted by atomic mass is 16.5. The zero-order valence-electron chi connectivity index (χ0n) is 23.8. The zero-order chi connectivity index (χ0) is 26.4. The van der Waals surface area contributed by atoms with Gasteiger partial charge in [0.2, 0.25) is 0 Å². The molecule has 0 saturated carbocycles. The first-order chi connectivity index (χ1) is 15.1. The molecule has 34 heavy (non-hydrogen) atoms. The number of hydrogen-bond donors (Lipinski definition) is 1. The molecule has 0 spiro atoms. The smallest absolute Gasteiger partial charge is 0.308 e. The van der Waals surface area contributed by atoms with Gasteiger partial charge in [-0.2, -0.15) is 0 Å². The number of phenols is 1. The van der Waals surface area contributed by atoms with Gasteiger partial charge in [0.05, 0.1) is 0 Å². The lowest BCUT2D eigenvalue weighted by atomic mass is 9.76. The molecule has 0 aliphatic rings. The van der Waals surface area contributed by atoms with Crippen molar-refractivity contribution >= 4 is 5.97 Å². The molecule has 0 aliphatic heterocycles. The number of esters is 1. The van der Waals surface area contributed by atoms with Gasteiger partial charge in [-0.05, 0) is 43.9 Å². The Bertz CT molecular complexity index is 1060. The van der Waals surface area contributed by atoms with Gasteiger partial charge < -0.3 is 9.84 Å². The van der Waals surface area contributed by atoms with Crippen LogP contribution in [0, 0.1) is 0 Å². The van der Waals surface area contributed by atoms with Crippen LogP contribution in [0.25, 0.3) is 0 Å². The van der Waals surface area contributed by atoms with Gasteiger partial charge in [0.25, 0.3) is 0 Å². The molecule has 0 saturated heterocycles. The number of aromatic hydroxyl groups is 1. The Morgan fingerprint density at radius 1 is 0.676 bits per heavy atom. The molecule has 0 heterocycles. The molecule has 0 radical (unpaired) electrons. The fourth-order valence-electron chi connectivity index (χ4n) is 4.11. The van der Waals surface area contributed by atoms with Gasteiger partial charge >= 0.3 is 5.97 Å². The first-order valence-electron chi connectivity index (χ1n) is 12.4. The lowest BCUT2D eigenvalue weighted by Crippen LogP contribution is -2.21. The summed E-state index contributed by atoms with van der Waals surface area (Å²) in [5.41, 5.74) is 5.54. The molecule has 2 rings (SSSR count). The molecule has 2 aromatic carbocycles. The van der Waals surface area contributed by atoms with Crippen LogP contribution in [0.5, 0.6) is 11.5 Å². The second-order valence-electron chi connectivity index (χ2n) is 13.8. The Morgan fingerprint density at radius 3 is 1.47 bits per heavy atom. The number of carbonyl (C=O) groups is 1. The van der Waals surface area contributed by atoms with E-state index in [0.29, 0.717) is 17.9 Å². The fourth-order valence-corrected chi connectivity index (χ4v) is 4.11. The number of ether oxygens (including phenoxy) is 1. The van der Waals surface area contributed by atoms with Crippen LogP contribution in [-0.2, 0) is 32.9 Å². The molecule has 0 amide bonds. The third-order valence-electron chi connectivity index (χ3n) is 6.33. The molecule has 188 valence electrons. The molecule has 0 aliphatic carbocycles. The number of phenolic OH excluding ortho intramolecular Hbond substituents is 1. The normalized spacial score (nSPS) is 13.2. The lowest BCUT2D eigenvalue weighted by molar-refractivity contribution is -0.132. The van der Waals surface area contributed by atoms with E-state index in [1.54, 1.807) is 0 Å². The van der Waals surface area contributed by atoms with Crippen molar-refractivity contribution in [3.63, 3.8) is 0 Å². The highest BCUT2D eigenvalue weighted by Crippen LogP contribution is 2.42. The van der Waals surface area contributed by atoms with Crippen LogP contribution >= 0.6 is 0 Å². The molecule has 2 aromatic rings. The summed E-state index contributed by atoms with van der Waals surface area (Å²) in [5.74, 6) is 0.608. The average molecular weight is 467 g/mol. The molecular formula is C31H46O3. The van der Waals surface area contributed by atoms with Crippen LogP contribution in [0.2, 0.25) is 0 Å². The third kappa shape index (κ3) is 6.43. The highest BCUT2D eigenvalue weighted by molar-refractivity contribution is 5.71. The quantitative estimate of drug-likeness (QED) is 0.367. The van der Waals surface area contributed by atoms with Crippen molar-refractivity contribution in [1.82, 2.24) is 0 Å². The Labute approximate surface area is 207 Å². The third-order valence-corrected chi connectivity index (χ3v) is 6.33. The Balaban J connectivity index is 2.90. The Kier molecular flexibility index (Phi) is 7.45. The van der Waals surface area contributed by atoms with Crippen molar-refractivity contribution in [3.8, 4) is 11.5 Å². The van der Waals surface area contributed by atoms with E-state index in [0.717, 1.165) is 22.3 Å². The van der Waals surface area contributed by atoms with Crippen LogP contribution in [0.3, 0.4) is 0 Å². The second-order valence-corrected chi connectivity index (χ2v) is 13.8. The van der Waals surface area contributed by atoms with Crippen molar-refractivity contribution in [2.24, 2.45) is 0 Å². The maximum atomic E-state index is 12.1. The van der Waals surface area contributed by atoms with Gasteiger partial charge in [0.15, 0.2) is 0 Å². The van der Waals surface area contributed by atoms with Gasteiger partial charge in [-0.15, -0.1) is 0 Å². The molecule has 3 nitrogen and oxygen atoms in total. The molecule has 0 aromatic heterocycles. The van der Waals surface area contributed by atoms with Gasteiger partial charge in [-0.25, -0.2) is 0 Å². The molecule has 1 N–H and O–H groups in total. The number of rotatable bonds is 3. The lowest BCUT2D eigenvalue weighted by Gasteiger charge is -2.30. The molecule has 0 atom stereocenters. The summed E-state index contributed by atoms with van der Waals surface area (Å²) in [5, 5.41) is 11.4. The Hall–Kier alpha value is -2.29. The summed E-state index contributed by atoms with van der Waals surface area (Å²) in [6.07, 6.45) is 0.481. The number of benzene rings is 2. The Morgan fingerprint density at radius 2 is 1.09 bits per heavy atom. The van der Waals surface area contributed by atoms with E-state index >= 15 is 0 Å². The summed E-state index contributed by atoms with van der Waals surface area (Å²) < 4.78 is 5.86. The summed E-state index contributed by atoms with van der Waals surface area (Å²) in [4.78, 5) is 12.1. The molecule has 0 fully saturated rings. The van der Waals surface area contributed by atoms with Crippen molar-refractivity contribution in [2.75, 3.05) is 0 Å². The van der Waals surface area contributed by atoms with Crippen molar-refractivity contribution in [1.29, 1.82) is 0 Å². The molecule has 0 unspecified atom stereocenters. The van der Waals surface area contributed by atoms with E-state index in [1.807, 2.05) is 0 Å². The predicted molar refractivity (Wildman–Crippen MR) is 143 cm³/mol. The van der Waals surface area contributed by atoms with Crippen molar-refractivity contribution in [3.05, 3.63) is 57.6 Å². The molecular weight excluding hydrogens is 420 g/mol. The summed E-state index contributed by atoms with van der Waals surface area (Å²) in [6, 6.07) is 8.57. The minimum absolute atomic E-state index is 0.0645. The van der Waals surface area contributed by atoms with E-state index in [1.165, 1.54) is 18.1 Å². The van der Waals surface area contributed by atoms with Crippen molar-refractivity contribution < 1.29 is 14.6 Å². The summed E-state index contributed by atoms with van der Waals surface area (Å²) in [6.45, 7) is 27.4. The summed E-state index contributed by atoms with van der Waals surface area (Å²) in [7, 11) is 0. The predicted octanol–water partition coefficient (Wildman–Crippen LogP) is 8.10. The molecule has 0 bridgehead atoms. The van der Waals surface area contributed by atoms with Gasteiger partial charge in [-0.1, -0.05) is 107 Å². The zero-order valence-corrected chi connectivity index (χ0v) is 23.8. The minimum atomic E-state index is -0.335. The largest absolute Gasteiger partial charge is 0.507 e. The van der Waals surface area contributed by atoms with E-state index in [-0.39, 0.29) is 27.6 Å². The summed E-state index contributed by atoms with van der Waals surface area (Å²) >= 11 is 0. The minimum Gasteiger partial charge on any atom is -0.507 e. The highest BCUT2D eigenvalue weighted by Gasteiger charge is 2.29.